The summed E-state index contributed by atoms with van der Waals surface area (Å²) in [5.41, 5.74) is 7.34. The number of amides is 1. The number of carbonyl (C=O) groups is 2. The average molecular weight is 280 g/mol. The third kappa shape index (κ3) is 4.32. The molecule has 6 nitrogen and oxygen atoms in total. The smallest absolute Gasteiger partial charge is 0.337 e. The Morgan fingerprint density at radius 1 is 1.35 bits per heavy atom. The lowest BCUT2D eigenvalue weighted by molar-refractivity contribution is -0.118. The van der Waals surface area contributed by atoms with Gasteiger partial charge in [0.25, 0.3) is 0 Å². The molecule has 110 valence electrons. The van der Waals surface area contributed by atoms with Crippen LogP contribution in [0.4, 0.5) is 5.69 Å². The van der Waals surface area contributed by atoms with E-state index in [-0.39, 0.29) is 25.0 Å². The topological polar surface area (TPSA) is 90.7 Å². The Bertz CT molecular complexity index is 484. The number of aryl methyl sites for hydroxylation is 1. The van der Waals surface area contributed by atoms with Gasteiger partial charge < -0.3 is 20.5 Å². The zero-order valence-electron chi connectivity index (χ0n) is 11.9. The fraction of sp³-hybridized carbons (Fsp3) is 0.429. The van der Waals surface area contributed by atoms with E-state index in [0.29, 0.717) is 11.3 Å². The van der Waals surface area contributed by atoms with Gasteiger partial charge in [0.05, 0.1) is 25.2 Å². The highest BCUT2D eigenvalue weighted by atomic mass is 16.5. The molecule has 0 bridgehead atoms. The van der Waals surface area contributed by atoms with Crippen LogP contribution < -0.4 is 11.1 Å². The van der Waals surface area contributed by atoms with Crippen molar-refractivity contribution < 1.29 is 19.1 Å². The molecule has 1 aromatic carbocycles. The van der Waals surface area contributed by atoms with E-state index >= 15 is 0 Å². The Kier molecular flexibility index (Phi) is 6.14. The van der Waals surface area contributed by atoms with Crippen molar-refractivity contribution in [3.8, 4) is 0 Å². The lowest BCUT2D eigenvalue weighted by Crippen LogP contribution is -2.28. The first-order valence-electron chi connectivity index (χ1n) is 6.23. The zero-order chi connectivity index (χ0) is 15.1. The van der Waals surface area contributed by atoms with Gasteiger partial charge in [-0.2, -0.15) is 0 Å². The van der Waals surface area contributed by atoms with Gasteiger partial charge >= 0.3 is 5.97 Å². The Morgan fingerprint density at radius 3 is 2.55 bits per heavy atom. The molecule has 0 fully saturated rings. The molecule has 20 heavy (non-hydrogen) atoms. The highest BCUT2D eigenvalue weighted by molar-refractivity contribution is 5.94. The van der Waals surface area contributed by atoms with Crippen molar-refractivity contribution in [3.63, 3.8) is 0 Å². The molecule has 1 amide bonds. The molecule has 0 aliphatic carbocycles. The van der Waals surface area contributed by atoms with Crippen molar-refractivity contribution in [2.24, 2.45) is 5.73 Å². The van der Waals surface area contributed by atoms with E-state index in [4.69, 9.17) is 10.5 Å². The number of nitrogens with one attached hydrogen (secondary N) is 1. The molecule has 1 atom stereocenters. The summed E-state index contributed by atoms with van der Waals surface area (Å²) in [5.74, 6) is -0.593. The van der Waals surface area contributed by atoms with Gasteiger partial charge in [-0.05, 0) is 30.7 Å². The number of ether oxygens (including phenoxy) is 2. The quantitative estimate of drug-likeness (QED) is 0.761. The molecule has 0 aliphatic heterocycles. The molecule has 0 spiro atoms. The molecule has 0 saturated carbocycles. The van der Waals surface area contributed by atoms with Crippen molar-refractivity contribution in [3.05, 3.63) is 29.3 Å². The highest BCUT2D eigenvalue weighted by Crippen LogP contribution is 2.17. The van der Waals surface area contributed by atoms with E-state index < -0.39 is 5.97 Å². The van der Waals surface area contributed by atoms with Crippen LogP contribution in [0.25, 0.3) is 0 Å². The normalized spacial score (nSPS) is 11.8. The Morgan fingerprint density at radius 2 is 2.05 bits per heavy atom. The van der Waals surface area contributed by atoms with E-state index in [1.165, 1.54) is 14.2 Å². The Labute approximate surface area is 118 Å². The maximum absolute atomic E-state index is 11.8. The standard InChI is InChI=1S/C14H20N2O4/c1-9-6-10(14(18)20-3)4-5-12(9)16-13(17)7-11(8-15)19-2/h4-6,11H,7-8,15H2,1-3H3,(H,16,17). The summed E-state index contributed by atoms with van der Waals surface area (Å²) in [6.07, 6.45) is -0.116. The van der Waals surface area contributed by atoms with Crippen molar-refractivity contribution in [2.45, 2.75) is 19.4 Å². The van der Waals surface area contributed by atoms with Gasteiger partial charge in [0, 0.05) is 19.3 Å². The van der Waals surface area contributed by atoms with Crippen LogP contribution in [0.15, 0.2) is 18.2 Å². The molecule has 0 aromatic heterocycles. The van der Waals surface area contributed by atoms with E-state index in [1.54, 1.807) is 25.1 Å². The third-order valence-electron chi connectivity index (χ3n) is 2.93. The molecule has 0 heterocycles. The maximum atomic E-state index is 11.8. The fourth-order valence-electron chi connectivity index (χ4n) is 1.72. The van der Waals surface area contributed by atoms with E-state index in [0.717, 1.165) is 5.56 Å². The second-order valence-electron chi connectivity index (χ2n) is 4.37. The Balaban J connectivity index is 2.73. The van der Waals surface area contributed by atoms with Crippen LogP contribution in [0.1, 0.15) is 22.3 Å². The van der Waals surface area contributed by atoms with E-state index in [2.05, 4.69) is 10.1 Å². The van der Waals surface area contributed by atoms with Crippen molar-refractivity contribution in [1.29, 1.82) is 0 Å². The number of carbonyl (C=O) groups excluding carboxylic acids is 2. The number of hydrogen-bond donors (Lipinski definition) is 2. The number of hydrogen-bond acceptors (Lipinski definition) is 5. The van der Waals surface area contributed by atoms with Gasteiger partial charge in [-0.25, -0.2) is 4.79 Å². The molecule has 1 aromatic rings. The molecule has 3 N–H and O–H groups in total. The summed E-state index contributed by atoms with van der Waals surface area (Å²) in [5, 5.41) is 2.77. The number of anilines is 1. The largest absolute Gasteiger partial charge is 0.465 e. The van der Waals surface area contributed by atoms with E-state index in [1.807, 2.05) is 0 Å². The summed E-state index contributed by atoms with van der Waals surface area (Å²) in [4.78, 5) is 23.2. The summed E-state index contributed by atoms with van der Waals surface area (Å²) < 4.78 is 9.69. The monoisotopic (exact) mass is 280 g/mol. The predicted octanol–water partition coefficient (Wildman–Crippen LogP) is 1.08. The van der Waals surface area contributed by atoms with Crippen molar-refractivity contribution in [2.75, 3.05) is 26.1 Å². The van der Waals surface area contributed by atoms with Crippen LogP contribution in [0.3, 0.4) is 0 Å². The second-order valence-corrected chi connectivity index (χ2v) is 4.37. The van der Waals surface area contributed by atoms with Crippen LogP contribution >= 0.6 is 0 Å². The highest BCUT2D eigenvalue weighted by Gasteiger charge is 2.13. The van der Waals surface area contributed by atoms with Gasteiger partial charge in [-0.15, -0.1) is 0 Å². The van der Waals surface area contributed by atoms with Crippen LogP contribution in [-0.2, 0) is 14.3 Å². The number of rotatable bonds is 6. The van der Waals surface area contributed by atoms with Gasteiger partial charge in [-0.3, -0.25) is 4.79 Å². The minimum Gasteiger partial charge on any atom is -0.465 e. The van der Waals surface area contributed by atoms with Crippen LogP contribution in [0.5, 0.6) is 0 Å². The average Bonchev–Trinajstić information content (AvgIpc) is 2.45. The van der Waals surface area contributed by atoms with E-state index in [9.17, 15) is 9.59 Å². The summed E-state index contributed by atoms with van der Waals surface area (Å²) in [6.45, 7) is 2.09. The number of benzene rings is 1. The summed E-state index contributed by atoms with van der Waals surface area (Å²) >= 11 is 0. The minimum absolute atomic E-state index is 0.184. The van der Waals surface area contributed by atoms with Gasteiger partial charge in [0.2, 0.25) is 5.91 Å². The minimum atomic E-state index is -0.409. The van der Waals surface area contributed by atoms with Crippen molar-refractivity contribution >= 4 is 17.6 Å². The molecule has 1 rings (SSSR count). The number of nitrogens with two attached hydrogens (primary N) is 1. The number of methoxy groups -OCH3 is 2. The SMILES string of the molecule is COC(=O)c1ccc(NC(=O)CC(CN)OC)c(C)c1. The summed E-state index contributed by atoms with van der Waals surface area (Å²) in [6, 6.07) is 4.94. The van der Waals surface area contributed by atoms with Gasteiger partial charge in [0.1, 0.15) is 0 Å². The first kappa shape index (κ1) is 16.1. The zero-order valence-corrected chi connectivity index (χ0v) is 11.9. The predicted molar refractivity (Wildman–Crippen MR) is 75.6 cm³/mol. The molecule has 0 radical (unpaired) electrons. The third-order valence-corrected chi connectivity index (χ3v) is 2.93. The van der Waals surface area contributed by atoms with Crippen LogP contribution in [-0.4, -0.2) is 38.7 Å². The Hall–Kier alpha value is -1.92. The number of esters is 1. The molecular weight excluding hydrogens is 260 g/mol. The molecular formula is C14H20N2O4. The molecule has 6 heteroatoms. The first-order chi connectivity index (χ1) is 9.51. The molecule has 0 aliphatic rings. The van der Waals surface area contributed by atoms with Crippen LogP contribution in [0.2, 0.25) is 0 Å². The van der Waals surface area contributed by atoms with Crippen molar-refractivity contribution in [1.82, 2.24) is 0 Å². The van der Waals surface area contributed by atoms with Crippen LogP contribution in [0, 0.1) is 6.92 Å². The molecule has 0 saturated heterocycles. The molecule has 1 unspecified atom stereocenters. The fourth-order valence-corrected chi connectivity index (χ4v) is 1.72. The lowest BCUT2D eigenvalue weighted by atomic mass is 10.1. The van der Waals surface area contributed by atoms with Gasteiger partial charge in [0.15, 0.2) is 0 Å². The maximum Gasteiger partial charge on any atom is 0.337 e. The van der Waals surface area contributed by atoms with Gasteiger partial charge in [-0.1, -0.05) is 0 Å². The second kappa shape index (κ2) is 7.62. The summed E-state index contributed by atoms with van der Waals surface area (Å²) in [7, 11) is 2.84. The lowest BCUT2D eigenvalue weighted by Gasteiger charge is -2.14. The first-order valence-corrected chi connectivity index (χ1v) is 6.23.